The summed E-state index contributed by atoms with van der Waals surface area (Å²) >= 11 is 1.82. The Morgan fingerprint density at radius 2 is 1.13 bits per heavy atom. The molecule has 0 radical (unpaired) electrons. The molecule has 0 unspecified atom stereocenters. The molecule has 7 aromatic rings. The summed E-state index contributed by atoms with van der Waals surface area (Å²) < 4.78 is 2.51. The highest BCUT2D eigenvalue weighted by molar-refractivity contribution is 7.26. The van der Waals surface area contributed by atoms with E-state index in [-0.39, 0.29) is 5.41 Å². The van der Waals surface area contributed by atoms with Gasteiger partial charge in [-0.1, -0.05) is 97.1 Å². The third kappa shape index (κ3) is 3.65. The number of fused-ring (bicyclic) bond motifs is 6. The van der Waals surface area contributed by atoms with Crippen LogP contribution in [0.4, 0.5) is 0 Å². The highest BCUT2D eigenvalue weighted by atomic mass is 32.1. The monoisotopic (exact) mass is 623 g/mol. The summed E-state index contributed by atoms with van der Waals surface area (Å²) in [5.41, 5.74) is 9.25. The van der Waals surface area contributed by atoms with Gasteiger partial charge in [-0.05, 0) is 96.2 Å². The number of nitrogens with zero attached hydrogens (tertiary/aromatic N) is 3. The minimum atomic E-state index is 0.107. The lowest BCUT2D eigenvalue weighted by Crippen LogP contribution is -2.55. The first-order chi connectivity index (χ1) is 23.2. The molecule has 0 atom stereocenters. The van der Waals surface area contributed by atoms with E-state index in [0.717, 1.165) is 57.8 Å². The molecule has 4 saturated carbocycles. The number of aromatic nitrogens is 3. The van der Waals surface area contributed by atoms with Gasteiger partial charge in [0.1, 0.15) is 0 Å². The van der Waals surface area contributed by atoms with Crippen LogP contribution < -0.4 is 0 Å². The number of benzene rings is 5. The fourth-order valence-electron chi connectivity index (χ4n) is 10.6. The van der Waals surface area contributed by atoms with E-state index in [1.54, 1.807) is 5.56 Å². The summed E-state index contributed by atoms with van der Waals surface area (Å²) in [5, 5.41) is 2.54. The van der Waals surface area contributed by atoms with Crippen LogP contribution in [0.25, 0.3) is 65.5 Å². The minimum absolute atomic E-state index is 0.107. The molecule has 5 aliphatic rings. The molecule has 226 valence electrons. The van der Waals surface area contributed by atoms with Gasteiger partial charge >= 0.3 is 0 Å². The van der Waals surface area contributed by atoms with E-state index in [2.05, 4.69) is 109 Å². The molecule has 3 nitrogen and oxygen atoms in total. The third-order valence-electron chi connectivity index (χ3n) is 12.1. The third-order valence-corrected chi connectivity index (χ3v) is 13.3. The molecule has 0 amide bonds. The van der Waals surface area contributed by atoms with Crippen molar-refractivity contribution >= 4 is 31.5 Å². The lowest BCUT2D eigenvalue weighted by atomic mass is 9.43. The van der Waals surface area contributed by atoms with Gasteiger partial charge in [-0.3, -0.25) is 0 Å². The fraction of sp³-hybridized carbons (Fsp3) is 0.233. The smallest absolute Gasteiger partial charge is 0.165 e. The van der Waals surface area contributed by atoms with Crippen molar-refractivity contribution in [3.8, 4) is 45.3 Å². The van der Waals surface area contributed by atoms with Crippen molar-refractivity contribution in [1.82, 2.24) is 15.0 Å². The number of hydrogen-bond donors (Lipinski definition) is 0. The maximum Gasteiger partial charge on any atom is 0.165 e. The summed E-state index contributed by atoms with van der Waals surface area (Å²) in [6, 6.07) is 42.0. The van der Waals surface area contributed by atoms with Crippen molar-refractivity contribution in [3.05, 3.63) is 126 Å². The molecule has 4 heteroatoms. The molecule has 4 bridgehead atoms. The van der Waals surface area contributed by atoms with Gasteiger partial charge in [0.2, 0.25) is 0 Å². The molecule has 5 aromatic carbocycles. The van der Waals surface area contributed by atoms with Crippen LogP contribution in [0.1, 0.15) is 43.2 Å². The Labute approximate surface area is 278 Å². The van der Waals surface area contributed by atoms with Crippen LogP contribution in [0.3, 0.4) is 0 Å². The van der Waals surface area contributed by atoms with Crippen LogP contribution in [0.2, 0.25) is 0 Å². The minimum Gasteiger partial charge on any atom is -0.208 e. The lowest BCUT2D eigenvalue weighted by Gasteiger charge is -2.61. The molecular formula is C43H33N3S. The summed E-state index contributed by atoms with van der Waals surface area (Å²) in [4.78, 5) is 15.7. The Morgan fingerprint density at radius 1 is 0.489 bits per heavy atom. The van der Waals surface area contributed by atoms with Gasteiger partial charge in [-0.25, -0.2) is 15.0 Å². The van der Waals surface area contributed by atoms with Crippen molar-refractivity contribution in [2.24, 2.45) is 23.7 Å². The molecule has 4 fully saturated rings. The van der Waals surface area contributed by atoms with Gasteiger partial charge in [0, 0.05) is 42.3 Å². The van der Waals surface area contributed by atoms with E-state index in [4.69, 9.17) is 15.0 Å². The number of thiophene rings is 1. The predicted octanol–water partition coefficient (Wildman–Crippen LogP) is 11.0. The highest BCUT2D eigenvalue weighted by Gasteiger charge is 2.61. The zero-order chi connectivity index (χ0) is 30.7. The predicted molar refractivity (Wildman–Crippen MR) is 192 cm³/mol. The van der Waals surface area contributed by atoms with Crippen molar-refractivity contribution in [2.45, 2.75) is 37.5 Å². The molecule has 0 saturated heterocycles. The maximum absolute atomic E-state index is 5.30. The normalized spacial score (nSPS) is 25.1. The standard InChI is InChI=1S/C43H33N3S/c1-2-9-27(10-3-1)40-44-41(46-42(45-40)35-14-8-13-34-33-12-5-7-16-38(33)47-39(34)35)28-17-18-32-31-11-4-6-15-36(31)43(37(32)24-28)29-20-25-19-26(22-29)23-30(43)21-25/h1-18,24-26,29-30H,19-23H2. The van der Waals surface area contributed by atoms with Crippen LogP contribution in [0, 0.1) is 23.7 Å². The van der Waals surface area contributed by atoms with Gasteiger partial charge < -0.3 is 0 Å². The van der Waals surface area contributed by atoms with Crippen LogP contribution in [0.5, 0.6) is 0 Å². The van der Waals surface area contributed by atoms with Crippen molar-refractivity contribution < 1.29 is 0 Å². The zero-order valence-corrected chi connectivity index (χ0v) is 26.9. The van der Waals surface area contributed by atoms with Crippen molar-refractivity contribution in [1.29, 1.82) is 0 Å². The molecule has 2 heterocycles. The Bertz CT molecular complexity index is 2360. The van der Waals surface area contributed by atoms with Gasteiger partial charge in [0.05, 0.1) is 0 Å². The van der Waals surface area contributed by atoms with Crippen LogP contribution >= 0.6 is 11.3 Å². The van der Waals surface area contributed by atoms with E-state index in [1.807, 2.05) is 17.4 Å². The van der Waals surface area contributed by atoms with E-state index >= 15 is 0 Å². The highest BCUT2D eigenvalue weighted by Crippen LogP contribution is 2.69. The molecule has 1 spiro atoms. The number of hydrogen-bond acceptors (Lipinski definition) is 4. The Morgan fingerprint density at radius 3 is 1.96 bits per heavy atom. The van der Waals surface area contributed by atoms with E-state index in [1.165, 1.54) is 69.0 Å². The van der Waals surface area contributed by atoms with Crippen LogP contribution in [-0.4, -0.2) is 15.0 Å². The van der Waals surface area contributed by atoms with Crippen molar-refractivity contribution in [2.75, 3.05) is 0 Å². The van der Waals surface area contributed by atoms with Crippen molar-refractivity contribution in [3.63, 3.8) is 0 Å². The molecule has 0 aliphatic heterocycles. The summed E-state index contributed by atoms with van der Waals surface area (Å²) in [5.74, 6) is 5.48. The first-order valence-electron chi connectivity index (χ1n) is 17.2. The Kier molecular flexibility index (Phi) is 5.44. The first-order valence-corrected chi connectivity index (χ1v) is 18.0. The van der Waals surface area contributed by atoms with Gasteiger partial charge in [-0.2, -0.15) is 0 Å². The summed E-state index contributed by atoms with van der Waals surface area (Å²) in [7, 11) is 0. The average molecular weight is 624 g/mol. The quantitative estimate of drug-likeness (QED) is 0.197. The van der Waals surface area contributed by atoms with E-state index in [0.29, 0.717) is 0 Å². The Hall–Kier alpha value is -4.67. The van der Waals surface area contributed by atoms with Gasteiger partial charge in [0.25, 0.3) is 0 Å². The van der Waals surface area contributed by atoms with Crippen LogP contribution in [-0.2, 0) is 5.41 Å². The largest absolute Gasteiger partial charge is 0.208 e. The van der Waals surface area contributed by atoms with E-state index < -0.39 is 0 Å². The second-order valence-corrected chi connectivity index (χ2v) is 15.5. The SMILES string of the molecule is c1ccc(-c2nc(-c3ccc4c(c3)C3(c5ccccc5-4)C4CC5CC(C4)CC3C5)nc(-c3cccc4c3sc3ccccc34)n2)cc1. The second-order valence-electron chi connectivity index (χ2n) is 14.4. The molecule has 5 aliphatic carbocycles. The molecule has 0 N–H and O–H groups in total. The second kappa shape index (κ2) is 9.68. The molecule has 47 heavy (non-hydrogen) atoms. The fourth-order valence-corrected chi connectivity index (χ4v) is 11.8. The lowest BCUT2D eigenvalue weighted by molar-refractivity contribution is -0.0399. The van der Waals surface area contributed by atoms with Gasteiger partial charge in [-0.15, -0.1) is 11.3 Å². The average Bonchev–Trinajstić information content (AvgIpc) is 3.64. The zero-order valence-electron chi connectivity index (χ0n) is 26.1. The summed E-state index contributed by atoms with van der Waals surface area (Å²) in [6.07, 6.45) is 6.95. The molecular weight excluding hydrogens is 591 g/mol. The molecule has 12 rings (SSSR count). The van der Waals surface area contributed by atoms with Crippen LogP contribution in [0.15, 0.2) is 115 Å². The number of rotatable bonds is 3. The first kappa shape index (κ1) is 26.4. The topological polar surface area (TPSA) is 38.7 Å². The molecule has 2 aromatic heterocycles. The summed E-state index contributed by atoms with van der Waals surface area (Å²) in [6.45, 7) is 0. The maximum atomic E-state index is 5.30. The van der Waals surface area contributed by atoms with Gasteiger partial charge in [0.15, 0.2) is 17.5 Å². The Balaban J connectivity index is 1.13. The van der Waals surface area contributed by atoms with E-state index in [9.17, 15) is 0 Å².